The highest BCUT2D eigenvalue weighted by atomic mass is 16.5. The van der Waals surface area contributed by atoms with E-state index in [1.54, 1.807) is 12.1 Å². The van der Waals surface area contributed by atoms with Crippen molar-refractivity contribution < 1.29 is 14.3 Å². The smallest absolute Gasteiger partial charge is 0.308 e. The van der Waals surface area contributed by atoms with Crippen molar-refractivity contribution in [2.24, 2.45) is 17.8 Å². The van der Waals surface area contributed by atoms with Crippen molar-refractivity contribution in [3.8, 4) is 16.9 Å². The third-order valence-corrected chi connectivity index (χ3v) is 6.37. The summed E-state index contributed by atoms with van der Waals surface area (Å²) in [7, 11) is 0. The van der Waals surface area contributed by atoms with E-state index < -0.39 is 0 Å². The number of ether oxygens (including phenoxy) is 1. The Kier molecular flexibility index (Phi) is 5.21. The third-order valence-electron chi connectivity index (χ3n) is 6.37. The van der Waals surface area contributed by atoms with Crippen molar-refractivity contribution in [1.82, 2.24) is 5.32 Å². The molecule has 0 radical (unpaired) electrons. The Morgan fingerprint density at radius 1 is 1.04 bits per heavy atom. The van der Waals surface area contributed by atoms with E-state index in [2.05, 4.69) is 12.2 Å². The van der Waals surface area contributed by atoms with E-state index in [0.717, 1.165) is 23.0 Å². The molecule has 2 aromatic carbocycles. The molecule has 2 aliphatic carbocycles. The van der Waals surface area contributed by atoms with Gasteiger partial charge >= 0.3 is 5.97 Å². The molecule has 2 bridgehead atoms. The normalized spacial score (nSPS) is 24.0. The van der Waals surface area contributed by atoms with Gasteiger partial charge in [-0.05, 0) is 79.3 Å². The predicted octanol–water partition coefficient (Wildman–Crippen LogP) is 4.83. The van der Waals surface area contributed by atoms with E-state index in [1.165, 1.54) is 32.6 Å². The van der Waals surface area contributed by atoms with Gasteiger partial charge in [0.15, 0.2) is 0 Å². The SMILES string of the molecule is CC(=O)Oc1ccc(-c2cccc(C(=O)N[C@@H](C)[C@H]3C[C@H]4CC[C@H]3C4)c2)cc1. The molecule has 4 nitrogen and oxygen atoms in total. The molecule has 0 heterocycles. The summed E-state index contributed by atoms with van der Waals surface area (Å²) in [6.07, 6.45) is 5.32. The first-order valence-electron chi connectivity index (χ1n) is 10.2. The van der Waals surface area contributed by atoms with Crippen LogP contribution in [-0.2, 0) is 4.79 Å². The number of carbonyl (C=O) groups is 2. The van der Waals surface area contributed by atoms with Crippen LogP contribution in [0.5, 0.6) is 5.75 Å². The largest absolute Gasteiger partial charge is 0.427 e. The quantitative estimate of drug-likeness (QED) is 0.600. The molecule has 0 aliphatic heterocycles. The summed E-state index contributed by atoms with van der Waals surface area (Å²) in [5, 5.41) is 3.24. The van der Waals surface area contributed by atoms with Gasteiger partial charge in [-0.3, -0.25) is 9.59 Å². The number of hydrogen-bond acceptors (Lipinski definition) is 3. The van der Waals surface area contributed by atoms with Crippen molar-refractivity contribution in [3.63, 3.8) is 0 Å². The molecule has 1 N–H and O–H groups in total. The maximum atomic E-state index is 12.8. The molecule has 146 valence electrons. The van der Waals surface area contributed by atoms with Crippen LogP contribution in [0.15, 0.2) is 48.5 Å². The van der Waals surface area contributed by atoms with Gasteiger partial charge in [0.2, 0.25) is 0 Å². The zero-order valence-corrected chi connectivity index (χ0v) is 16.5. The minimum Gasteiger partial charge on any atom is -0.427 e. The number of nitrogens with one attached hydrogen (secondary N) is 1. The zero-order chi connectivity index (χ0) is 19.7. The van der Waals surface area contributed by atoms with Gasteiger partial charge in [-0.2, -0.15) is 0 Å². The molecular formula is C24H27NO3. The summed E-state index contributed by atoms with van der Waals surface area (Å²) >= 11 is 0. The van der Waals surface area contributed by atoms with Crippen LogP contribution in [0.25, 0.3) is 11.1 Å². The number of benzene rings is 2. The molecule has 2 saturated carbocycles. The molecule has 4 heteroatoms. The molecule has 2 aliphatic rings. The zero-order valence-electron chi connectivity index (χ0n) is 16.5. The second-order valence-corrected chi connectivity index (χ2v) is 8.30. The third kappa shape index (κ3) is 3.96. The highest BCUT2D eigenvalue weighted by molar-refractivity contribution is 5.95. The average molecular weight is 377 g/mol. The number of fused-ring (bicyclic) bond motifs is 2. The van der Waals surface area contributed by atoms with Crippen molar-refractivity contribution >= 4 is 11.9 Å². The lowest BCUT2D eigenvalue weighted by Gasteiger charge is -2.28. The van der Waals surface area contributed by atoms with Gasteiger partial charge in [-0.1, -0.05) is 30.7 Å². The van der Waals surface area contributed by atoms with Gasteiger partial charge in [-0.25, -0.2) is 0 Å². The van der Waals surface area contributed by atoms with E-state index in [1.807, 2.05) is 36.4 Å². The summed E-state index contributed by atoms with van der Waals surface area (Å²) in [4.78, 5) is 23.9. The first-order valence-corrected chi connectivity index (χ1v) is 10.2. The number of hydrogen-bond donors (Lipinski definition) is 1. The van der Waals surface area contributed by atoms with Crippen LogP contribution in [0.2, 0.25) is 0 Å². The summed E-state index contributed by atoms with van der Waals surface area (Å²) in [6.45, 7) is 3.54. The lowest BCUT2D eigenvalue weighted by atomic mass is 9.84. The van der Waals surface area contributed by atoms with Gasteiger partial charge in [0, 0.05) is 18.5 Å². The van der Waals surface area contributed by atoms with Gasteiger partial charge in [0.25, 0.3) is 5.91 Å². The van der Waals surface area contributed by atoms with Gasteiger partial charge < -0.3 is 10.1 Å². The van der Waals surface area contributed by atoms with E-state index in [0.29, 0.717) is 17.2 Å². The van der Waals surface area contributed by atoms with Crippen molar-refractivity contribution in [2.75, 3.05) is 0 Å². The minimum absolute atomic E-state index is 0.00587. The van der Waals surface area contributed by atoms with Crippen LogP contribution >= 0.6 is 0 Å². The molecule has 0 aromatic heterocycles. The summed E-state index contributed by atoms with van der Waals surface area (Å²) in [6, 6.07) is 15.2. The second-order valence-electron chi connectivity index (χ2n) is 8.30. The minimum atomic E-state index is -0.337. The van der Waals surface area contributed by atoms with Gasteiger partial charge in [0.05, 0.1) is 0 Å². The molecule has 0 spiro atoms. The number of amides is 1. The molecule has 28 heavy (non-hydrogen) atoms. The van der Waals surface area contributed by atoms with Crippen LogP contribution in [0.1, 0.15) is 49.9 Å². The number of carbonyl (C=O) groups excluding carboxylic acids is 2. The molecule has 2 fully saturated rings. The Bertz CT molecular complexity index is 874. The molecule has 0 saturated heterocycles. The highest BCUT2D eigenvalue weighted by Gasteiger charge is 2.42. The Morgan fingerprint density at radius 3 is 2.46 bits per heavy atom. The van der Waals surface area contributed by atoms with Crippen LogP contribution in [-0.4, -0.2) is 17.9 Å². The molecular weight excluding hydrogens is 350 g/mol. The molecule has 2 aromatic rings. The fourth-order valence-corrected chi connectivity index (χ4v) is 5.02. The highest BCUT2D eigenvalue weighted by Crippen LogP contribution is 2.49. The van der Waals surface area contributed by atoms with Gasteiger partial charge in [0.1, 0.15) is 5.75 Å². The van der Waals surface area contributed by atoms with Gasteiger partial charge in [-0.15, -0.1) is 0 Å². The van der Waals surface area contributed by atoms with E-state index in [9.17, 15) is 9.59 Å². The Morgan fingerprint density at radius 2 is 1.82 bits per heavy atom. The summed E-state index contributed by atoms with van der Waals surface area (Å²) in [5.41, 5.74) is 2.62. The Labute approximate surface area is 166 Å². The number of rotatable bonds is 5. The topological polar surface area (TPSA) is 55.4 Å². The van der Waals surface area contributed by atoms with Crippen molar-refractivity contribution in [1.29, 1.82) is 0 Å². The first-order chi connectivity index (χ1) is 13.5. The van der Waals surface area contributed by atoms with Crippen LogP contribution in [0.3, 0.4) is 0 Å². The lowest BCUT2D eigenvalue weighted by molar-refractivity contribution is -0.131. The summed E-state index contributed by atoms with van der Waals surface area (Å²) in [5.74, 6) is 2.48. The van der Waals surface area contributed by atoms with E-state index in [4.69, 9.17) is 4.74 Å². The Hall–Kier alpha value is -2.62. The standard InChI is InChI=1S/C24H27NO3/c1-15(23-13-17-6-7-20(23)12-17)25-24(27)21-5-3-4-19(14-21)18-8-10-22(11-9-18)28-16(2)26/h3-5,8-11,14-15,17,20,23H,6-7,12-13H2,1-2H3,(H,25,27)/t15-,17-,20-,23+/m0/s1. The van der Waals surface area contributed by atoms with Crippen molar-refractivity contribution in [3.05, 3.63) is 54.1 Å². The molecule has 4 rings (SSSR count). The maximum absolute atomic E-state index is 12.8. The number of esters is 1. The predicted molar refractivity (Wildman–Crippen MR) is 109 cm³/mol. The van der Waals surface area contributed by atoms with Crippen LogP contribution in [0.4, 0.5) is 0 Å². The summed E-state index contributed by atoms with van der Waals surface area (Å²) < 4.78 is 5.08. The second kappa shape index (κ2) is 7.78. The van der Waals surface area contributed by atoms with E-state index >= 15 is 0 Å². The van der Waals surface area contributed by atoms with Crippen LogP contribution in [0, 0.1) is 17.8 Å². The van der Waals surface area contributed by atoms with E-state index in [-0.39, 0.29) is 17.9 Å². The fraction of sp³-hybridized carbons (Fsp3) is 0.417. The van der Waals surface area contributed by atoms with Crippen molar-refractivity contribution in [2.45, 2.75) is 45.6 Å². The molecule has 4 atom stereocenters. The Balaban J connectivity index is 1.44. The monoisotopic (exact) mass is 377 g/mol. The van der Waals surface area contributed by atoms with Crippen LogP contribution < -0.4 is 10.1 Å². The molecule has 1 amide bonds. The fourth-order valence-electron chi connectivity index (χ4n) is 5.02. The molecule has 0 unspecified atom stereocenters. The maximum Gasteiger partial charge on any atom is 0.308 e. The lowest BCUT2D eigenvalue weighted by Crippen LogP contribution is -2.40. The average Bonchev–Trinajstić information content (AvgIpc) is 3.32. The first kappa shape index (κ1) is 18.7.